The van der Waals surface area contributed by atoms with Crippen LogP contribution in [0.5, 0.6) is 0 Å². The normalized spacial score (nSPS) is 12.7. The molecule has 0 aliphatic carbocycles. The molecule has 0 saturated carbocycles. The average molecular weight is 390 g/mol. The second-order valence-corrected chi connectivity index (χ2v) is 6.43. The Hall–Kier alpha value is -3.29. The van der Waals surface area contributed by atoms with E-state index >= 15 is 0 Å². The summed E-state index contributed by atoms with van der Waals surface area (Å²) >= 11 is 0. The molecule has 6 nitrogen and oxygen atoms in total. The van der Waals surface area contributed by atoms with E-state index in [-0.39, 0.29) is 23.5 Å². The third kappa shape index (κ3) is 5.60. The first-order valence-corrected chi connectivity index (χ1v) is 8.56. The summed E-state index contributed by atoms with van der Waals surface area (Å²) in [4.78, 5) is 34.9. The number of benzene rings is 2. The molecule has 0 spiro atoms. The standard InChI is InChI=1S/C20H20F2N2O4/c1-11(16-8-5-14(21)10-17(16)22)9-18(25)24-15-6-3-13(4-7-15)19(26)23-12(2)20(27)28/h3-8,10-12H,9H2,1-2H3,(H,23,26)(H,24,25)(H,27,28). The summed E-state index contributed by atoms with van der Waals surface area (Å²) in [6.07, 6.45) is -0.0130. The zero-order valence-corrected chi connectivity index (χ0v) is 15.3. The van der Waals surface area contributed by atoms with Crippen LogP contribution in [0.4, 0.5) is 14.5 Å². The van der Waals surface area contributed by atoms with Crippen LogP contribution in [-0.4, -0.2) is 28.9 Å². The van der Waals surface area contributed by atoms with Gasteiger partial charge in [0.1, 0.15) is 17.7 Å². The Morgan fingerprint density at radius 3 is 2.25 bits per heavy atom. The predicted molar refractivity (Wildman–Crippen MR) is 99.0 cm³/mol. The molecule has 0 radical (unpaired) electrons. The summed E-state index contributed by atoms with van der Waals surface area (Å²) in [6, 6.07) is 8.10. The quantitative estimate of drug-likeness (QED) is 0.676. The van der Waals surface area contributed by atoms with Crippen molar-refractivity contribution in [3.05, 3.63) is 65.2 Å². The molecule has 0 heterocycles. The number of rotatable bonds is 7. The van der Waals surface area contributed by atoms with E-state index in [2.05, 4.69) is 10.6 Å². The van der Waals surface area contributed by atoms with E-state index in [4.69, 9.17) is 5.11 Å². The maximum absolute atomic E-state index is 13.8. The SMILES string of the molecule is CC(NC(=O)c1ccc(NC(=O)CC(C)c2ccc(F)cc2F)cc1)C(=O)O. The van der Waals surface area contributed by atoms with Crippen LogP contribution in [0.2, 0.25) is 0 Å². The number of carbonyl (C=O) groups is 3. The Labute approximate surface area is 160 Å². The maximum atomic E-state index is 13.8. The van der Waals surface area contributed by atoms with Crippen molar-refractivity contribution in [2.75, 3.05) is 5.32 Å². The Bertz CT molecular complexity index is 884. The van der Waals surface area contributed by atoms with Crippen molar-refractivity contribution in [1.29, 1.82) is 0 Å². The fourth-order valence-electron chi connectivity index (χ4n) is 2.55. The van der Waals surface area contributed by atoms with Gasteiger partial charge >= 0.3 is 5.97 Å². The first-order chi connectivity index (χ1) is 13.2. The van der Waals surface area contributed by atoms with Crippen LogP contribution >= 0.6 is 0 Å². The highest BCUT2D eigenvalue weighted by Crippen LogP contribution is 2.23. The summed E-state index contributed by atoms with van der Waals surface area (Å²) in [5, 5.41) is 13.8. The lowest BCUT2D eigenvalue weighted by Crippen LogP contribution is -2.38. The summed E-state index contributed by atoms with van der Waals surface area (Å²) < 4.78 is 26.8. The van der Waals surface area contributed by atoms with Gasteiger partial charge in [0.15, 0.2) is 0 Å². The number of carbonyl (C=O) groups excluding carboxylic acids is 2. The van der Waals surface area contributed by atoms with Gasteiger partial charge in [-0.05, 0) is 48.7 Å². The van der Waals surface area contributed by atoms with E-state index in [1.54, 1.807) is 6.92 Å². The Morgan fingerprint density at radius 2 is 1.68 bits per heavy atom. The molecular formula is C20H20F2N2O4. The van der Waals surface area contributed by atoms with Gasteiger partial charge in [0.2, 0.25) is 5.91 Å². The Kier molecular flexibility index (Phi) is 6.81. The first kappa shape index (κ1) is 21.0. The second-order valence-electron chi connectivity index (χ2n) is 6.43. The van der Waals surface area contributed by atoms with Crippen LogP contribution in [0.3, 0.4) is 0 Å². The molecule has 2 aromatic carbocycles. The lowest BCUT2D eigenvalue weighted by molar-refractivity contribution is -0.138. The minimum Gasteiger partial charge on any atom is -0.480 e. The largest absolute Gasteiger partial charge is 0.480 e. The number of hydrogen-bond donors (Lipinski definition) is 3. The first-order valence-electron chi connectivity index (χ1n) is 8.56. The number of amides is 2. The summed E-state index contributed by atoms with van der Waals surface area (Å²) in [5.74, 6) is -3.90. The van der Waals surface area contributed by atoms with E-state index in [0.29, 0.717) is 5.69 Å². The monoisotopic (exact) mass is 390 g/mol. The summed E-state index contributed by atoms with van der Waals surface area (Å²) in [6.45, 7) is 3.01. The van der Waals surface area contributed by atoms with Crippen molar-refractivity contribution in [2.45, 2.75) is 32.2 Å². The minimum atomic E-state index is -1.15. The zero-order chi connectivity index (χ0) is 20.8. The highest BCUT2D eigenvalue weighted by molar-refractivity contribution is 5.97. The van der Waals surface area contributed by atoms with Gasteiger partial charge in [0.25, 0.3) is 5.91 Å². The van der Waals surface area contributed by atoms with E-state index in [1.807, 2.05) is 0 Å². The molecule has 0 bridgehead atoms. The number of carboxylic acid groups (broad SMARTS) is 1. The molecule has 2 amide bonds. The molecule has 2 aromatic rings. The third-order valence-corrected chi connectivity index (χ3v) is 4.13. The van der Waals surface area contributed by atoms with Crippen molar-refractivity contribution in [3.8, 4) is 0 Å². The lowest BCUT2D eigenvalue weighted by Gasteiger charge is -2.13. The van der Waals surface area contributed by atoms with Crippen LogP contribution in [0, 0.1) is 11.6 Å². The minimum absolute atomic E-state index is 0.0130. The van der Waals surface area contributed by atoms with Gasteiger partial charge in [-0.25, -0.2) is 8.78 Å². The molecule has 2 unspecified atom stereocenters. The molecule has 148 valence electrons. The molecule has 28 heavy (non-hydrogen) atoms. The fraction of sp³-hybridized carbons (Fsp3) is 0.250. The van der Waals surface area contributed by atoms with E-state index in [9.17, 15) is 23.2 Å². The molecule has 2 atom stereocenters. The van der Waals surface area contributed by atoms with Crippen molar-refractivity contribution >= 4 is 23.5 Å². The zero-order valence-electron chi connectivity index (χ0n) is 15.3. The number of hydrogen-bond acceptors (Lipinski definition) is 3. The van der Waals surface area contributed by atoms with Gasteiger partial charge in [-0.3, -0.25) is 14.4 Å². The summed E-state index contributed by atoms with van der Waals surface area (Å²) in [5.41, 5.74) is 0.920. The van der Waals surface area contributed by atoms with Gasteiger partial charge in [-0.15, -0.1) is 0 Å². The number of anilines is 1. The maximum Gasteiger partial charge on any atom is 0.325 e. The Balaban J connectivity index is 1.95. The predicted octanol–water partition coefficient (Wildman–Crippen LogP) is 3.30. The molecule has 0 aliphatic heterocycles. The molecule has 3 N–H and O–H groups in total. The van der Waals surface area contributed by atoms with Crippen LogP contribution < -0.4 is 10.6 Å². The van der Waals surface area contributed by atoms with Crippen LogP contribution in [-0.2, 0) is 9.59 Å². The topological polar surface area (TPSA) is 95.5 Å². The third-order valence-electron chi connectivity index (χ3n) is 4.13. The fourth-order valence-corrected chi connectivity index (χ4v) is 2.55. The molecule has 0 aromatic heterocycles. The smallest absolute Gasteiger partial charge is 0.325 e. The lowest BCUT2D eigenvalue weighted by atomic mass is 9.97. The van der Waals surface area contributed by atoms with E-state index < -0.39 is 35.5 Å². The average Bonchev–Trinajstić information content (AvgIpc) is 2.61. The van der Waals surface area contributed by atoms with Crippen molar-refractivity contribution in [2.24, 2.45) is 0 Å². The highest BCUT2D eigenvalue weighted by Gasteiger charge is 2.17. The molecule has 0 aliphatic rings. The second kappa shape index (κ2) is 9.07. The van der Waals surface area contributed by atoms with Gasteiger partial charge in [-0.2, -0.15) is 0 Å². The molecule has 8 heteroatoms. The number of nitrogens with one attached hydrogen (secondary N) is 2. The van der Waals surface area contributed by atoms with Gasteiger partial charge in [-0.1, -0.05) is 13.0 Å². The van der Waals surface area contributed by atoms with Gasteiger partial charge in [0.05, 0.1) is 0 Å². The Morgan fingerprint density at radius 1 is 1.04 bits per heavy atom. The highest BCUT2D eigenvalue weighted by atomic mass is 19.1. The van der Waals surface area contributed by atoms with Crippen LogP contribution in [0.15, 0.2) is 42.5 Å². The molecule has 0 saturated heterocycles. The van der Waals surface area contributed by atoms with Crippen LogP contribution in [0.1, 0.15) is 42.1 Å². The van der Waals surface area contributed by atoms with Gasteiger partial charge in [0, 0.05) is 23.7 Å². The van der Waals surface area contributed by atoms with E-state index in [1.165, 1.54) is 37.3 Å². The number of aliphatic carboxylic acids is 1. The van der Waals surface area contributed by atoms with Crippen molar-refractivity contribution in [1.82, 2.24) is 5.32 Å². The van der Waals surface area contributed by atoms with E-state index in [0.717, 1.165) is 12.1 Å². The van der Waals surface area contributed by atoms with Crippen molar-refractivity contribution in [3.63, 3.8) is 0 Å². The number of halogens is 2. The van der Waals surface area contributed by atoms with Crippen LogP contribution in [0.25, 0.3) is 0 Å². The number of carboxylic acids is 1. The summed E-state index contributed by atoms with van der Waals surface area (Å²) in [7, 11) is 0. The molecule has 2 rings (SSSR count). The van der Waals surface area contributed by atoms with Crippen molar-refractivity contribution < 1.29 is 28.3 Å². The molecule has 0 fully saturated rings. The van der Waals surface area contributed by atoms with Gasteiger partial charge < -0.3 is 15.7 Å². The molecular weight excluding hydrogens is 370 g/mol.